The Morgan fingerprint density at radius 1 is 1.11 bits per heavy atom. The van der Waals surface area contributed by atoms with Crippen LogP contribution >= 0.6 is 0 Å². The molecule has 0 radical (unpaired) electrons. The lowest BCUT2D eigenvalue weighted by atomic mass is 9.90. The minimum atomic E-state index is 0.680. The van der Waals surface area contributed by atoms with Crippen LogP contribution in [0.1, 0.15) is 31.4 Å². The third-order valence-electron chi connectivity index (χ3n) is 4.13. The molecule has 2 bridgehead atoms. The molecule has 2 nitrogen and oxygen atoms in total. The Morgan fingerprint density at radius 3 is 2.28 bits per heavy atom. The molecular weight excluding hydrogens is 222 g/mol. The Bertz CT molecular complexity index is 384. The van der Waals surface area contributed by atoms with Gasteiger partial charge < -0.3 is 4.74 Å². The van der Waals surface area contributed by atoms with Gasteiger partial charge in [0.2, 0.25) is 0 Å². The molecule has 2 fully saturated rings. The van der Waals surface area contributed by atoms with Crippen LogP contribution in [-0.4, -0.2) is 30.2 Å². The van der Waals surface area contributed by atoms with Gasteiger partial charge in [0.05, 0.1) is 13.2 Å². The molecule has 2 saturated heterocycles. The van der Waals surface area contributed by atoms with Gasteiger partial charge in [0, 0.05) is 18.6 Å². The van der Waals surface area contributed by atoms with Gasteiger partial charge in [0.1, 0.15) is 0 Å². The second-order valence-corrected chi connectivity index (χ2v) is 6.17. The van der Waals surface area contributed by atoms with Gasteiger partial charge in [-0.1, -0.05) is 38.1 Å². The molecule has 2 heteroatoms. The number of ether oxygens (including phenoxy) is 1. The normalized spacial score (nSPS) is 27.3. The van der Waals surface area contributed by atoms with E-state index < -0.39 is 0 Å². The molecule has 2 unspecified atom stereocenters. The highest BCUT2D eigenvalue weighted by molar-refractivity contribution is 5.23. The zero-order valence-corrected chi connectivity index (χ0v) is 11.4. The van der Waals surface area contributed by atoms with Crippen LogP contribution in [0.15, 0.2) is 24.3 Å². The van der Waals surface area contributed by atoms with Gasteiger partial charge in [0.15, 0.2) is 0 Å². The minimum absolute atomic E-state index is 0.680. The monoisotopic (exact) mass is 245 g/mol. The van der Waals surface area contributed by atoms with E-state index in [1.54, 1.807) is 0 Å². The Labute approximate surface area is 110 Å². The summed E-state index contributed by atoms with van der Waals surface area (Å²) >= 11 is 0. The maximum absolute atomic E-state index is 5.52. The largest absolute Gasteiger partial charge is 0.378 e. The molecule has 1 aromatic carbocycles. The van der Waals surface area contributed by atoms with E-state index in [1.165, 1.54) is 24.0 Å². The Hall–Kier alpha value is -0.860. The highest BCUT2D eigenvalue weighted by atomic mass is 16.5. The lowest BCUT2D eigenvalue weighted by molar-refractivity contribution is -0.131. The average molecular weight is 245 g/mol. The molecule has 0 N–H and O–H groups in total. The van der Waals surface area contributed by atoms with E-state index in [2.05, 4.69) is 43.0 Å². The summed E-state index contributed by atoms with van der Waals surface area (Å²) in [6.07, 6.45) is 2.52. The molecule has 18 heavy (non-hydrogen) atoms. The Morgan fingerprint density at radius 2 is 1.72 bits per heavy atom. The van der Waals surface area contributed by atoms with Crippen molar-refractivity contribution >= 4 is 0 Å². The quantitative estimate of drug-likeness (QED) is 0.809. The van der Waals surface area contributed by atoms with Gasteiger partial charge in [-0.25, -0.2) is 0 Å². The van der Waals surface area contributed by atoms with Crippen molar-refractivity contribution in [3.05, 3.63) is 35.4 Å². The third-order valence-corrected chi connectivity index (χ3v) is 4.13. The highest BCUT2D eigenvalue weighted by Gasteiger charge is 2.41. The van der Waals surface area contributed by atoms with E-state index in [0.717, 1.165) is 25.7 Å². The Balaban J connectivity index is 1.60. The zero-order valence-electron chi connectivity index (χ0n) is 11.4. The van der Waals surface area contributed by atoms with Crippen LogP contribution < -0.4 is 0 Å². The van der Waals surface area contributed by atoms with Gasteiger partial charge in [-0.05, 0) is 29.9 Å². The topological polar surface area (TPSA) is 12.5 Å². The summed E-state index contributed by atoms with van der Waals surface area (Å²) in [6, 6.07) is 10.5. The number of hydrogen-bond donors (Lipinski definition) is 0. The summed E-state index contributed by atoms with van der Waals surface area (Å²) in [7, 11) is 0. The average Bonchev–Trinajstić information content (AvgIpc) is 2.38. The molecule has 2 aliphatic rings. The summed E-state index contributed by atoms with van der Waals surface area (Å²) in [6.45, 7) is 7.51. The molecular formula is C16H23NO. The molecule has 0 amide bonds. The number of rotatable bonds is 4. The number of hydrogen-bond acceptors (Lipinski definition) is 2. The van der Waals surface area contributed by atoms with Crippen LogP contribution in [0.25, 0.3) is 0 Å². The van der Waals surface area contributed by atoms with E-state index in [4.69, 9.17) is 4.74 Å². The van der Waals surface area contributed by atoms with Gasteiger partial charge in [-0.3, -0.25) is 4.90 Å². The van der Waals surface area contributed by atoms with Crippen molar-refractivity contribution in [3.63, 3.8) is 0 Å². The fourth-order valence-corrected chi connectivity index (χ4v) is 3.13. The lowest BCUT2D eigenvalue weighted by Crippen LogP contribution is -2.62. The third kappa shape index (κ3) is 2.45. The fraction of sp³-hybridized carbons (Fsp3) is 0.625. The van der Waals surface area contributed by atoms with Crippen LogP contribution in [0.3, 0.4) is 0 Å². The summed E-state index contributed by atoms with van der Waals surface area (Å²) in [5.74, 6) is 0.739. The number of benzene rings is 1. The van der Waals surface area contributed by atoms with Crippen LogP contribution in [0.4, 0.5) is 0 Å². The second kappa shape index (κ2) is 5.02. The first-order chi connectivity index (χ1) is 8.72. The summed E-state index contributed by atoms with van der Waals surface area (Å²) in [5.41, 5.74) is 2.90. The van der Waals surface area contributed by atoms with Crippen molar-refractivity contribution in [3.8, 4) is 0 Å². The van der Waals surface area contributed by atoms with Gasteiger partial charge in [-0.2, -0.15) is 0 Å². The summed E-state index contributed by atoms with van der Waals surface area (Å²) < 4.78 is 5.52. The first-order valence-corrected chi connectivity index (χ1v) is 7.13. The summed E-state index contributed by atoms with van der Waals surface area (Å²) in [5, 5.41) is 0. The number of morpholine rings is 1. The molecule has 0 saturated carbocycles. The van der Waals surface area contributed by atoms with Crippen LogP contribution in [0.2, 0.25) is 0 Å². The van der Waals surface area contributed by atoms with Crippen LogP contribution in [0, 0.1) is 5.92 Å². The SMILES string of the molecule is CC(C)Cc1ccc(CN2C3COCC2C3)cc1. The maximum atomic E-state index is 5.52. The fourth-order valence-electron chi connectivity index (χ4n) is 3.13. The van der Waals surface area contributed by atoms with Crippen molar-refractivity contribution in [1.29, 1.82) is 0 Å². The second-order valence-electron chi connectivity index (χ2n) is 6.17. The van der Waals surface area contributed by atoms with E-state index in [-0.39, 0.29) is 0 Å². The number of fused-ring (bicyclic) bond motifs is 2. The van der Waals surface area contributed by atoms with Gasteiger partial charge in [0.25, 0.3) is 0 Å². The predicted octanol–water partition coefficient (Wildman–Crippen LogP) is 2.86. The van der Waals surface area contributed by atoms with Crippen molar-refractivity contribution in [2.24, 2.45) is 5.92 Å². The van der Waals surface area contributed by atoms with E-state index in [9.17, 15) is 0 Å². The Kier molecular flexibility index (Phi) is 3.40. The van der Waals surface area contributed by atoms with Crippen molar-refractivity contribution in [2.45, 2.75) is 45.3 Å². The van der Waals surface area contributed by atoms with E-state index >= 15 is 0 Å². The molecule has 0 spiro atoms. The van der Waals surface area contributed by atoms with Gasteiger partial charge in [-0.15, -0.1) is 0 Å². The van der Waals surface area contributed by atoms with Crippen molar-refractivity contribution < 1.29 is 4.74 Å². The first kappa shape index (κ1) is 12.2. The van der Waals surface area contributed by atoms with Crippen LogP contribution in [-0.2, 0) is 17.7 Å². The molecule has 1 aromatic rings. The van der Waals surface area contributed by atoms with Crippen molar-refractivity contribution in [2.75, 3.05) is 13.2 Å². The molecule has 0 aliphatic carbocycles. The lowest BCUT2D eigenvalue weighted by Gasteiger charge is -2.52. The molecule has 0 aromatic heterocycles. The number of nitrogens with zero attached hydrogens (tertiary/aromatic N) is 1. The predicted molar refractivity (Wildman–Crippen MR) is 73.5 cm³/mol. The van der Waals surface area contributed by atoms with Gasteiger partial charge >= 0.3 is 0 Å². The van der Waals surface area contributed by atoms with E-state index in [0.29, 0.717) is 12.1 Å². The molecule has 98 valence electrons. The van der Waals surface area contributed by atoms with Crippen molar-refractivity contribution in [1.82, 2.24) is 4.90 Å². The first-order valence-electron chi connectivity index (χ1n) is 7.13. The summed E-state index contributed by atoms with van der Waals surface area (Å²) in [4.78, 5) is 2.60. The highest BCUT2D eigenvalue weighted by Crippen LogP contribution is 2.32. The minimum Gasteiger partial charge on any atom is -0.378 e. The maximum Gasteiger partial charge on any atom is 0.0623 e. The molecule has 3 rings (SSSR count). The molecule has 2 aliphatic heterocycles. The standard InChI is InChI=1S/C16H23NO/c1-12(2)7-13-3-5-14(6-4-13)9-17-15-8-16(17)11-18-10-15/h3-6,12,15-16H,7-11H2,1-2H3. The smallest absolute Gasteiger partial charge is 0.0623 e. The van der Waals surface area contributed by atoms with E-state index in [1.807, 2.05) is 0 Å². The zero-order chi connectivity index (χ0) is 12.5. The molecule has 2 atom stereocenters. The molecule has 2 heterocycles. The van der Waals surface area contributed by atoms with Crippen LogP contribution in [0.5, 0.6) is 0 Å².